The molecule has 2 amide bonds. The highest BCUT2D eigenvalue weighted by molar-refractivity contribution is 6.53. The molecule has 1 aliphatic rings. The molecule has 0 saturated carbocycles. The fourth-order valence-corrected chi connectivity index (χ4v) is 3.78. The van der Waals surface area contributed by atoms with Crippen LogP contribution in [0.15, 0.2) is 77.5 Å². The van der Waals surface area contributed by atoms with Gasteiger partial charge < -0.3 is 14.8 Å². The summed E-state index contributed by atoms with van der Waals surface area (Å²) in [5.74, 6) is -0.662. The van der Waals surface area contributed by atoms with Crippen molar-refractivity contribution >= 4 is 40.8 Å². The molecule has 0 spiro atoms. The van der Waals surface area contributed by atoms with Gasteiger partial charge in [-0.25, -0.2) is 9.69 Å². The number of aryl methyl sites for hydroxylation is 2. The van der Waals surface area contributed by atoms with Crippen molar-refractivity contribution in [2.45, 2.75) is 13.8 Å². The van der Waals surface area contributed by atoms with Gasteiger partial charge in [-0.15, -0.1) is 0 Å². The van der Waals surface area contributed by atoms with Crippen LogP contribution < -0.4 is 19.7 Å². The minimum Gasteiger partial charge on any atom is -0.497 e. The Bertz CT molecular complexity index is 1290. The van der Waals surface area contributed by atoms with Gasteiger partial charge in [0.05, 0.1) is 18.4 Å². The van der Waals surface area contributed by atoms with Crippen LogP contribution in [-0.4, -0.2) is 24.9 Å². The molecule has 7 nitrogen and oxygen atoms in total. The maximum Gasteiger partial charge on any atom is 0.343 e. The quantitative estimate of drug-likeness (QED) is 0.307. The predicted molar refractivity (Wildman–Crippen MR) is 129 cm³/mol. The summed E-state index contributed by atoms with van der Waals surface area (Å²) >= 11 is 6.18. The van der Waals surface area contributed by atoms with Crippen LogP contribution in [0.5, 0.6) is 11.5 Å². The monoisotopic (exact) mass is 476 g/mol. The highest BCUT2D eigenvalue weighted by Gasteiger charge is 2.39. The Hall–Kier alpha value is -4.10. The van der Waals surface area contributed by atoms with E-state index in [0.717, 1.165) is 16.0 Å². The van der Waals surface area contributed by atoms with Crippen LogP contribution in [0.25, 0.3) is 0 Å². The lowest BCUT2D eigenvalue weighted by atomic mass is 10.1. The smallest absolute Gasteiger partial charge is 0.343 e. The Kier molecular flexibility index (Phi) is 6.38. The van der Waals surface area contributed by atoms with Gasteiger partial charge in [-0.3, -0.25) is 9.59 Å². The number of nitrogens with zero attached hydrogens (tertiary/aromatic N) is 1. The van der Waals surface area contributed by atoms with Crippen LogP contribution in [0.4, 0.5) is 11.4 Å². The normalized spacial score (nSPS) is 13.4. The van der Waals surface area contributed by atoms with Crippen LogP contribution >= 0.6 is 11.6 Å². The van der Waals surface area contributed by atoms with Crippen molar-refractivity contribution in [3.8, 4) is 11.5 Å². The Labute approximate surface area is 201 Å². The van der Waals surface area contributed by atoms with Gasteiger partial charge in [-0.2, -0.15) is 0 Å². The number of imide groups is 1. The minimum absolute atomic E-state index is 0.0481. The number of ether oxygens (including phenoxy) is 2. The summed E-state index contributed by atoms with van der Waals surface area (Å²) < 4.78 is 10.6. The zero-order valence-electron chi connectivity index (χ0n) is 18.7. The SMILES string of the molecule is COc1ccc(N2C(=O)C(Cl)=C(Nc3ccc(C(=O)Oc4cc(C)cc(C)c4)cc3)C2=O)cc1. The van der Waals surface area contributed by atoms with Gasteiger partial charge in [0.25, 0.3) is 11.8 Å². The van der Waals surface area contributed by atoms with Gasteiger partial charge in [0.2, 0.25) is 0 Å². The maximum absolute atomic E-state index is 12.9. The first-order chi connectivity index (χ1) is 16.3. The zero-order valence-corrected chi connectivity index (χ0v) is 19.5. The largest absolute Gasteiger partial charge is 0.497 e. The molecule has 4 rings (SSSR count). The van der Waals surface area contributed by atoms with E-state index in [-0.39, 0.29) is 10.7 Å². The maximum atomic E-state index is 12.9. The zero-order chi connectivity index (χ0) is 24.4. The summed E-state index contributed by atoms with van der Waals surface area (Å²) in [5, 5.41) is 2.66. The second kappa shape index (κ2) is 9.41. The summed E-state index contributed by atoms with van der Waals surface area (Å²) in [6, 6.07) is 18.4. The van der Waals surface area contributed by atoms with Crippen LogP contribution in [0.3, 0.4) is 0 Å². The number of hydrogen-bond acceptors (Lipinski definition) is 6. The van der Waals surface area contributed by atoms with Crippen molar-refractivity contribution in [3.63, 3.8) is 0 Å². The summed E-state index contributed by atoms with van der Waals surface area (Å²) in [6.45, 7) is 3.85. The van der Waals surface area contributed by atoms with E-state index in [9.17, 15) is 14.4 Å². The van der Waals surface area contributed by atoms with Gasteiger partial charge in [-0.05, 0) is 85.6 Å². The third kappa shape index (κ3) is 4.65. The van der Waals surface area contributed by atoms with E-state index in [1.807, 2.05) is 19.9 Å². The number of benzene rings is 3. The molecule has 0 aromatic heterocycles. The topological polar surface area (TPSA) is 84.9 Å². The first kappa shape index (κ1) is 23.1. The van der Waals surface area contributed by atoms with Crippen molar-refractivity contribution in [1.29, 1.82) is 0 Å². The molecule has 3 aromatic carbocycles. The molecule has 0 bridgehead atoms. The average Bonchev–Trinajstić information content (AvgIpc) is 3.02. The summed E-state index contributed by atoms with van der Waals surface area (Å²) in [5.41, 5.74) is 3.12. The number of anilines is 2. The number of carbonyl (C=O) groups excluding carboxylic acids is 3. The molecule has 0 atom stereocenters. The molecule has 0 saturated heterocycles. The molecule has 8 heteroatoms. The molecule has 1 heterocycles. The first-order valence-electron chi connectivity index (χ1n) is 10.4. The van der Waals surface area contributed by atoms with Crippen LogP contribution in [0.1, 0.15) is 21.5 Å². The number of methoxy groups -OCH3 is 1. The van der Waals surface area contributed by atoms with E-state index in [4.69, 9.17) is 21.1 Å². The number of rotatable bonds is 6. The van der Waals surface area contributed by atoms with Gasteiger partial charge in [0.15, 0.2) is 0 Å². The summed E-state index contributed by atoms with van der Waals surface area (Å²) in [4.78, 5) is 39.0. The summed E-state index contributed by atoms with van der Waals surface area (Å²) in [7, 11) is 1.52. The molecule has 0 fully saturated rings. The Morgan fingerprint density at radius 1 is 0.853 bits per heavy atom. The molecular weight excluding hydrogens is 456 g/mol. The van der Waals surface area contributed by atoms with Crippen LogP contribution in [0, 0.1) is 13.8 Å². The Morgan fingerprint density at radius 3 is 2.06 bits per heavy atom. The number of carbonyl (C=O) groups is 3. The first-order valence-corrected chi connectivity index (χ1v) is 10.7. The fraction of sp³-hybridized carbons (Fsp3) is 0.115. The van der Waals surface area contributed by atoms with Crippen molar-refractivity contribution in [3.05, 3.63) is 94.1 Å². The Balaban J connectivity index is 1.47. The molecule has 1 aliphatic heterocycles. The summed E-state index contributed by atoms with van der Waals surface area (Å²) in [6.07, 6.45) is 0. The Morgan fingerprint density at radius 2 is 1.47 bits per heavy atom. The second-order valence-electron chi connectivity index (χ2n) is 7.75. The number of nitrogens with one attached hydrogen (secondary N) is 1. The third-order valence-corrected chi connectivity index (χ3v) is 5.50. The van der Waals surface area contributed by atoms with E-state index in [0.29, 0.717) is 28.4 Å². The predicted octanol–water partition coefficient (Wildman–Crippen LogP) is 4.97. The standard InChI is InChI=1S/C26H21ClN2O5/c1-15-12-16(2)14-21(13-15)34-26(32)17-4-6-18(7-5-17)28-23-22(27)24(30)29(25(23)31)19-8-10-20(33-3)11-9-19/h4-14,28H,1-3H3. The van der Waals surface area contributed by atoms with E-state index < -0.39 is 17.8 Å². The van der Waals surface area contributed by atoms with Crippen molar-refractivity contribution in [2.75, 3.05) is 17.3 Å². The van der Waals surface area contributed by atoms with Gasteiger partial charge >= 0.3 is 5.97 Å². The third-order valence-electron chi connectivity index (χ3n) is 5.15. The molecule has 34 heavy (non-hydrogen) atoms. The highest BCUT2D eigenvalue weighted by Crippen LogP contribution is 2.31. The van der Waals surface area contributed by atoms with Crippen molar-refractivity contribution in [1.82, 2.24) is 0 Å². The number of esters is 1. The fourth-order valence-electron chi connectivity index (χ4n) is 3.57. The van der Waals surface area contributed by atoms with E-state index in [1.54, 1.807) is 60.7 Å². The molecule has 1 N–H and O–H groups in total. The lowest BCUT2D eigenvalue weighted by molar-refractivity contribution is -0.120. The van der Waals surface area contributed by atoms with Crippen LogP contribution in [0.2, 0.25) is 0 Å². The molecule has 0 aliphatic carbocycles. The second-order valence-corrected chi connectivity index (χ2v) is 8.13. The number of halogens is 1. The molecule has 0 unspecified atom stereocenters. The minimum atomic E-state index is -0.632. The highest BCUT2D eigenvalue weighted by atomic mass is 35.5. The molecule has 0 radical (unpaired) electrons. The van der Waals surface area contributed by atoms with Gasteiger partial charge in [-0.1, -0.05) is 17.7 Å². The average molecular weight is 477 g/mol. The van der Waals surface area contributed by atoms with Crippen LogP contribution in [-0.2, 0) is 9.59 Å². The van der Waals surface area contributed by atoms with E-state index >= 15 is 0 Å². The molecule has 172 valence electrons. The van der Waals surface area contributed by atoms with Gasteiger partial charge in [0.1, 0.15) is 22.2 Å². The molecule has 3 aromatic rings. The van der Waals surface area contributed by atoms with Gasteiger partial charge in [0, 0.05) is 5.69 Å². The van der Waals surface area contributed by atoms with Crippen molar-refractivity contribution < 1.29 is 23.9 Å². The molecular formula is C26H21ClN2O5. The van der Waals surface area contributed by atoms with E-state index in [1.165, 1.54) is 7.11 Å². The van der Waals surface area contributed by atoms with Crippen molar-refractivity contribution in [2.24, 2.45) is 0 Å². The number of amides is 2. The van der Waals surface area contributed by atoms with E-state index in [2.05, 4.69) is 5.32 Å². The number of hydrogen-bond donors (Lipinski definition) is 1. The lowest BCUT2D eigenvalue weighted by Gasteiger charge is -2.15. The lowest BCUT2D eigenvalue weighted by Crippen LogP contribution is -2.32.